The second-order valence-electron chi connectivity index (χ2n) is 6.37. The molecule has 0 aliphatic carbocycles. The van der Waals surface area contributed by atoms with E-state index in [-0.39, 0.29) is 11.7 Å². The summed E-state index contributed by atoms with van der Waals surface area (Å²) in [6.07, 6.45) is 2.27. The molecule has 4 aromatic rings. The first-order chi connectivity index (χ1) is 12.8. The van der Waals surface area contributed by atoms with Crippen molar-refractivity contribution in [1.29, 1.82) is 0 Å². The highest BCUT2D eigenvalue weighted by molar-refractivity contribution is 5.97. The van der Waals surface area contributed by atoms with Gasteiger partial charge in [0.25, 0.3) is 0 Å². The van der Waals surface area contributed by atoms with Crippen molar-refractivity contribution in [2.24, 2.45) is 0 Å². The average molecular weight is 337 g/mol. The van der Waals surface area contributed by atoms with Gasteiger partial charge in [0, 0.05) is 29.5 Å². The van der Waals surface area contributed by atoms with Gasteiger partial charge in [0.15, 0.2) is 5.78 Å². The van der Waals surface area contributed by atoms with Crippen molar-refractivity contribution in [2.45, 2.75) is 12.3 Å². The van der Waals surface area contributed by atoms with Crippen molar-refractivity contribution < 1.29 is 4.79 Å². The van der Waals surface area contributed by atoms with Gasteiger partial charge >= 0.3 is 0 Å². The predicted octanol–water partition coefficient (Wildman–Crippen LogP) is 5.64. The van der Waals surface area contributed by atoms with Crippen LogP contribution in [0.1, 0.15) is 33.8 Å². The number of hydrogen-bond donors (Lipinski definition) is 0. The van der Waals surface area contributed by atoms with Crippen molar-refractivity contribution in [3.8, 4) is 0 Å². The van der Waals surface area contributed by atoms with E-state index in [9.17, 15) is 4.79 Å². The van der Waals surface area contributed by atoms with Crippen molar-refractivity contribution >= 4 is 16.7 Å². The molecule has 0 amide bonds. The fraction of sp³-hybridized carbons (Fsp3) is 0.0833. The zero-order valence-electron chi connectivity index (χ0n) is 14.4. The minimum Gasteiger partial charge on any atom is -0.294 e. The fourth-order valence-electron chi connectivity index (χ4n) is 3.44. The van der Waals surface area contributed by atoms with Crippen molar-refractivity contribution in [2.75, 3.05) is 0 Å². The molecular formula is C24H19NO. The summed E-state index contributed by atoms with van der Waals surface area (Å²) in [6, 6.07) is 29.9. The third-order valence-electron chi connectivity index (χ3n) is 4.75. The van der Waals surface area contributed by atoms with Crippen LogP contribution in [0.2, 0.25) is 0 Å². The van der Waals surface area contributed by atoms with Gasteiger partial charge in [-0.05, 0) is 23.3 Å². The Bertz CT molecular complexity index is 1020. The van der Waals surface area contributed by atoms with E-state index in [1.807, 2.05) is 79.0 Å². The van der Waals surface area contributed by atoms with Crippen LogP contribution in [0.15, 0.2) is 97.2 Å². The molecule has 0 radical (unpaired) electrons. The Morgan fingerprint density at radius 2 is 1.42 bits per heavy atom. The Morgan fingerprint density at radius 1 is 0.769 bits per heavy atom. The molecule has 26 heavy (non-hydrogen) atoms. The van der Waals surface area contributed by atoms with Crippen LogP contribution in [0.3, 0.4) is 0 Å². The standard InChI is InChI=1S/C24H19NO/c26-24(19-11-5-2-6-12-19)17-22(18-9-3-1-4-10-18)20-15-16-25-23-14-8-7-13-21(20)23/h1-16,22H,17H2. The van der Waals surface area contributed by atoms with Crippen LogP contribution in [0.25, 0.3) is 10.9 Å². The van der Waals surface area contributed by atoms with Crippen LogP contribution in [0.5, 0.6) is 0 Å². The predicted molar refractivity (Wildman–Crippen MR) is 105 cm³/mol. The maximum Gasteiger partial charge on any atom is 0.163 e. The Hall–Kier alpha value is -3.26. The first-order valence-corrected chi connectivity index (χ1v) is 8.80. The largest absolute Gasteiger partial charge is 0.294 e. The Kier molecular flexibility index (Phi) is 4.57. The number of para-hydroxylation sites is 1. The summed E-state index contributed by atoms with van der Waals surface area (Å²) in [6.45, 7) is 0. The maximum atomic E-state index is 12.9. The van der Waals surface area contributed by atoms with Gasteiger partial charge in [-0.25, -0.2) is 0 Å². The van der Waals surface area contributed by atoms with Crippen LogP contribution in [-0.2, 0) is 0 Å². The van der Waals surface area contributed by atoms with Gasteiger partial charge in [0.05, 0.1) is 5.52 Å². The number of benzene rings is 3. The lowest BCUT2D eigenvalue weighted by atomic mass is 9.84. The van der Waals surface area contributed by atoms with Gasteiger partial charge < -0.3 is 0 Å². The van der Waals surface area contributed by atoms with Crippen LogP contribution >= 0.6 is 0 Å². The highest BCUT2D eigenvalue weighted by Gasteiger charge is 2.21. The Labute approximate surface area is 153 Å². The summed E-state index contributed by atoms with van der Waals surface area (Å²) in [5, 5.41) is 1.10. The molecule has 3 aromatic carbocycles. The zero-order valence-corrected chi connectivity index (χ0v) is 14.4. The van der Waals surface area contributed by atoms with E-state index < -0.39 is 0 Å². The molecule has 0 spiro atoms. The monoisotopic (exact) mass is 337 g/mol. The molecule has 1 aromatic heterocycles. The molecule has 0 saturated heterocycles. The summed E-state index contributed by atoms with van der Waals surface area (Å²) < 4.78 is 0. The average Bonchev–Trinajstić information content (AvgIpc) is 2.73. The number of ketones is 1. The number of Topliss-reactive ketones (excluding diaryl/α,β-unsaturated/α-hetero) is 1. The number of carbonyl (C=O) groups excluding carboxylic acids is 1. The van der Waals surface area contributed by atoms with Crippen LogP contribution in [0.4, 0.5) is 0 Å². The van der Waals surface area contributed by atoms with Crippen LogP contribution in [0, 0.1) is 0 Å². The molecular weight excluding hydrogens is 318 g/mol. The lowest BCUT2D eigenvalue weighted by Crippen LogP contribution is -2.10. The molecule has 2 nitrogen and oxygen atoms in total. The zero-order chi connectivity index (χ0) is 17.8. The molecule has 2 heteroatoms. The third-order valence-corrected chi connectivity index (χ3v) is 4.75. The second kappa shape index (κ2) is 7.32. The van der Waals surface area contributed by atoms with Gasteiger partial charge in [0.2, 0.25) is 0 Å². The molecule has 4 rings (SSSR count). The topological polar surface area (TPSA) is 30.0 Å². The lowest BCUT2D eigenvalue weighted by Gasteiger charge is -2.19. The van der Waals surface area contributed by atoms with Crippen molar-refractivity contribution in [3.63, 3.8) is 0 Å². The summed E-state index contributed by atoms with van der Waals surface area (Å²) in [5.74, 6) is 0.150. The van der Waals surface area contributed by atoms with Gasteiger partial charge in [-0.2, -0.15) is 0 Å². The lowest BCUT2D eigenvalue weighted by molar-refractivity contribution is 0.0978. The SMILES string of the molecule is O=C(CC(c1ccccc1)c1ccnc2ccccc12)c1ccccc1. The molecule has 1 atom stereocenters. The van der Waals surface area contributed by atoms with Crippen LogP contribution in [-0.4, -0.2) is 10.8 Å². The number of nitrogens with zero attached hydrogens (tertiary/aromatic N) is 1. The molecule has 0 aliphatic rings. The van der Waals surface area contributed by atoms with Gasteiger partial charge in [-0.15, -0.1) is 0 Å². The van der Waals surface area contributed by atoms with E-state index >= 15 is 0 Å². The Balaban J connectivity index is 1.80. The highest BCUT2D eigenvalue weighted by Crippen LogP contribution is 2.33. The quantitative estimate of drug-likeness (QED) is 0.441. The highest BCUT2D eigenvalue weighted by atomic mass is 16.1. The first kappa shape index (κ1) is 16.2. The van der Waals surface area contributed by atoms with Gasteiger partial charge in [-0.1, -0.05) is 78.9 Å². The molecule has 1 unspecified atom stereocenters. The maximum absolute atomic E-state index is 12.9. The minimum absolute atomic E-state index is 0.00296. The number of carbonyl (C=O) groups is 1. The summed E-state index contributed by atoms with van der Waals surface area (Å²) in [7, 11) is 0. The normalized spacial score (nSPS) is 12.0. The fourth-order valence-corrected chi connectivity index (χ4v) is 3.44. The Morgan fingerprint density at radius 3 is 2.19 bits per heavy atom. The number of fused-ring (bicyclic) bond motifs is 1. The molecule has 0 bridgehead atoms. The molecule has 0 N–H and O–H groups in total. The molecule has 0 fully saturated rings. The van der Waals surface area contributed by atoms with E-state index in [0.717, 1.165) is 27.6 Å². The van der Waals surface area contributed by atoms with Crippen molar-refractivity contribution in [3.05, 3.63) is 114 Å². The summed E-state index contributed by atoms with van der Waals surface area (Å²) in [4.78, 5) is 17.4. The summed E-state index contributed by atoms with van der Waals surface area (Å²) >= 11 is 0. The molecule has 126 valence electrons. The van der Waals surface area contributed by atoms with Gasteiger partial charge in [-0.3, -0.25) is 9.78 Å². The van der Waals surface area contributed by atoms with Crippen LogP contribution < -0.4 is 0 Å². The smallest absolute Gasteiger partial charge is 0.163 e. The molecule has 0 saturated carbocycles. The molecule has 1 heterocycles. The van der Waals surface area contributed by atoms with E-state index in [0.29, 0.717) is 6.42 Å². The number of rotatable bonds is 5. The van der Waals surface area contributed by atoms with E-state index in [1.54, 1.807) is 0 Å². The summed E-state index contributed by atoms with van der Waals surface area (Å²) in [5.41, 5.74) is 4.00. The first-order valence-electron chi connectivity index (χ1n) is 8.80. The van der Waals surface area contributed by atoms with E-state index in [1.165, 1.54) is 0 Å². The van der Waals surface area contributed by atoms with E-state index in [2.05, 4.69) is 23.2 Å². The molecule has 0 aliphatic heterocycles. The number of pyridine rings is 1. The van der Waals surface area contributed by atoms with Crippen molar-refractivity contribution in [1.82, 2.24) is 4.98 Å². The number of aromatic nitrogens is 1. The minimum atomic E-state index is -0.00296. The van der Waals surface area contributed by atoms with Gasteiger partial charge in [0.1, 0.15) is 0 Å². The number of hydrogen-bond acceptors (Lipinski definition) is 2. The third kappa shape index (κ3) is 3.27. The second-order valence-corrected chi connectivity index (χ2v) is 6.37. The van der Waals surface area contributed by atoms with E-state index in [4.69, 9.17) is 0 Å².